The Kier molecular flexibility index (Phi) is 3.39. The quantitative estimate of drug-likeness (QED) is 0.869. The molecule has 2 aliphatic rings. The third kappa shape index (κ3) is 2.31. The second-order valence-corrected chi connectivity index (χ2v) is 4.74. The molecule has 2 heterocycles. The van der Waals surface area contributed by atoms with Crippen LogP contribution in [0.3, 0.4) is 0 Å². The normalized spacial score (nSPS) is 26.9. The topological polar surface area (TPSA) is 39.7 Å². The Hall–Kier alpha value is -1.26. The third-order valence-electron chi connectivity index (χ3n) is 3.52. The van der Waals surface area contributed by atoms with Crippen molar-refractivity contribution in [1.29, 1.82) is 0 Å². The Labute approximate surface area is 107 Å². The lowest BCUT2D eigenvalue weighted by Crippen LogP contribution is -2.42. The molecule has 2 aliphatic heterocycles. The van der Waals surface area contributed by atoms with Gasteiger partial charge in [-0.25, -0.2) is 0 Å². The van der Waals surface area contributed by atoms with Crippen LogP contribution in [0.15, 0.2) is 18.2 Å². The minimum Gasteiger partial charge on any atom is -0.486 e. The van der Waals surface area contributed by atoms with E-state index < -0.39 is 0 Å². The van der Waals surface area contributed by atoms with Crippen LogP contribution in [0.5, 0.6) is 11.5 Å². The van der Waals surface area contributed by atoms with Crippen LogP contribution in [0.1, 0.15) is 25.0 Å². The van der Waals surface area contributed by atoms with E-state index in [0.717, 1.165) is 36.6 Å². The average molecular weight is 249 g/mol. The van der Waals surface area contributed by atoms with E-state index in [4.69, 9.17) is 14.2 Å². The first kappa shape index (κ1) is 11.8. The van der Waals surface area contributed by atoms with E-state index in [0.29, 0.717) is 19.3 Å². The van der Waals surface area contributed by atoms with Crippen LogP contribution in [-0.2, 0) is 4.74 Å². The molecule has 4 nitrogen and oxygen atoms in total. The van der Waals surface area contributed by atoms with Gasteiger partial charge in [0.05, 0.1) is 12.7 Å². The van der Waals surface area contributed by atoms with Crippen molar-refractivity contribution >= 4 is 0 Å². The van der Waals surface area contributed by atoms with Gasteiger partial charge < -0.3 is 19.5 Å². The van der Waals surface area contributed by atoms with Gasteiger partial charge in [-0.15, -0.1) is 0 Å². The smallest absolute Gasteiger partial charge is 0.161 e. The second kappa shape index (κ2) is 5.16. The maximum absolute atomic E-state index is 5.90. The molecular weight excluding hydrogens is 230 g/mol. The van der Waals surface area contributed by atoms with Crippen molar-refractivity contribution in [3.05, 3.63) is 23.8 Å². The predicted molar refractivity (Wildman–Crippen MR) is 68.2 cm³/mol. The summed E-state index contributed by atoms with van der Waals surface area (Å²) in [6.07, 6.45) is 1.22. The number of nitrogens with one attached hydrogen (secondary N) is 1. The van der Waals surface area contributed by atoms with Gasteiger partial charge in [0, 0.05) is 12.6 Å². The standard InChI is InChI=1S/C14H19NO3/c1-2-11-9-18-14(8-15-11)10-3-4-12-13(7-10)17-6-5-16-12/h3-4,7,11,14-15H,2,5-6,8-9H2,1H3. The number of rotatable bonds is 2. The molecule has 0 saturated carbocycles. The molecule has 0 amide bonds. The molecular formula is C14H19NO3. The van der Waals surface area contributed by atoms with E-state index in [1.807, 2.05) is 12.1 Å². The van der Waals surface area contributed by atoms with Crippen LogP contribution >= 0.6 is 0 Å². The summed E-state index contributed by atoms with van der Waals surface area (Å²) in [4.78, 5) is 0. The van der Waals surface area contributed by atoms with Crippen LogP contribution in [0, 0.1) is 0 Å². The van der Waals surface area contributed by atoms with E-state index in [-0.39, 0.29) is 6.10 Å². The molecule has 0 aliphatic carbocycles. The third-order valence-corrected chi connectivity index (χ3v) is 3.52. The Morgan fingerprint density at radius 1 is 1.22 bits per heavy atom. The van der Waals surface area contributed by atoms with E-state index >= 15 is 0 Å². The lowest BCUT2D eigenvalue weighted by Gasteiger charge is -2.30. The number of fused-ring (bicyclic) bond motifs is 1. The first-order valence-corrected chi connectivity index (χ1v) is 6.61. The molecule has 2 atom stereocenters. The van der Waals surface area contributed by atoms with Gasteiger partial charge in [-0.3, -0.25) is 0 Å². The molecule has 1 N–H and O–H groups in total. The molecule has 0 bridgehead atoms. The van der Waals surface area contributed by atoms with Crippen LogP contribution in [0.25, 0.3) is 0 Å². The summed E-state index contributed by atoms with van der Waals surface area (Å²) in [5.74, 6) is 1.67. The van der Waals surface area contributed by atoms with Crippen LogP contribution < -0.4 is 14.8 Å². The molecule has 0 spiro atoms. The Morgan fingerprint density at radius 2 is 2.06 bits per heavy atom. The van der Waals surface area contributed by atoms with Gasteiger partial charge in [0.1, 0.15) is 13.2 Å². The van der Waals surface area contributed by atoms with Gasteiger partial charge >= 0.3 is 0 Å². The fraction of sp³-hybridized carbons (Fsp3) is 0.571. The molecule has 18 heavy (non-hydrogen) atoms. The first-order valence-electron chi connectivity index (χ1n) is 6.61. The summed E-state index contributed by atoms with van der Waals surface area (Å²) in [7, 11) is 0. The number of hydrogen-bond acceptors (Lipinski definition) is 4. The van der Waals surface area contributed by atoms with E-state index in [1.54, 1.807) is 0 Å². The van der Waals surface area contributed by atoms with Crippen molar-refractivity contribution in [2.45, 2.75) is 25.5 Å². The van der Waals surface area contributed by atoms with Crippen molar-refractivity contribution in [2.24, 2.45) is 0 Å². The number of ether oxygens (including phenoxy) is 3. The van der Waals surface area contributed by atoms with Gasteiger partial charge in [0.15, 0.2) is 11.5 Å². The molecule has 3 rings (SSSR count). The summed E-state index contributed by atoms with van der Waals surface area (Å²) in [6, 6.07) is 6.55. The monoisotopic (exact) mass is 249 g/mol. The first-order chi connectivity index (χ1) is 8.86. The SMILES string of the molecule is CCC1COC(c2ccc3c(c2)OCCO3)CN1. The lowest BCUT2D eigenvalue weighted by molar-refractivity contribution is 0.00199. The molecule has 1 aromatic rings. The molecule has 1 fully saturated rings. The molecule has 0 radical (unpaired) electrons. The summed E-state index contributed by atoms with van der Waals surface area (Å²) < 4.78 is 17.0. The zero-order valence-corrected chi connectivity index (χ0v) is 10.6. The Morgan fingerprint density at radius 3 is 2.78 bits per heavy atom. The van der Waals surface area contributed by atoms with E-state index in [9.17, 15) is 0 Å². The zero-order valence-electron chi connectivity index (χ0n) is 10.6. The summed E-state index contributed by atoms with van der Waals surface area (Å²) in [5, 5.41) is 3.50. The van der Waals surface area contributed by atoms with Crippen molar-refractivity contribution in [3.8, 4) is 11.5 Å². The van der Waals surface area contributed by atoms with Crippen LogP contribution in [0.4, 0.5) is 0 Å². The van der Waals surface area contributed by atoms with Gasteiger partial charge in [0.2, 0.25) is 0 Å². The van der Waals surface area contributed by atoms with Crippen molar-refractivity contribution in [2.75, 3.05) is 26.4 Å². The fourth-order valence-corrected chi connectivity index (χ4v) is 2.36. The second-order valence-electron chi connectivity index (χ2n) is 4.74. The van der Waals surface area contributed by atoms with Crippen molar-refractivity contribution in [3.63, 3.8) is 0 Å². The Balaban J connectivity index is 1.73. The van der Waals surface area contributed by atoms with Crippen LogP contribution in [0.2, 0.25) is 0 Å². The molecule has 98 valence electrons. The average Bonchev–Trinajstić information content (AvgIpc) is 2.47. The Bertz CT molecular complexity index is 414. The highest BCUT2D eigenvalue weighted by Crippen LogP contribution is 2.33. The minimum atomic E-state index is 0.114. The lowest BCUT2D eigenvalue weighted by atomic mass is 10.1. The highest BCUT2D eigenvalue weighted by Gasteiger charge is 2.22. The molecule has 0 aromatic heterocycles. The largest absolute Gasteiger partial charge is 0.486 e. The van der Waals surface area contributed by atoms with Gasteiger partial charge in [0.25, 0.3) is 0 Å². The molecule has 1 saturated heterocycles. The summed E-state index contributed by atoms with van der Waals surface area (Å²) in [6.45, 7) is 5.06. The highest BCUT2D eigenvalue weighted by molar-refractivity contribution is 5.44. The maximum atomic E-state index is 5.90. The predicted octanol–water partition coefficient (Wildman–Crippen LogP) is 1.90. The van der Waals surface area contributed by atoms with Crippen LogP contribution in [-0.4, -0.2) is 32.4 Å². The van der Waals surface area contributed by atoms with Gasteiger partial charge in [-0.2, -0.15) is 0 Å². The highest BCUT2D eigenvalue weighted by atomic mass is 16.6. The summed E-state index contributed by atoms with van der Waals surface area (Å²) >= 11 is 0. The van der Waals surface area contributed by atoms with Crippen molar-refractivity contribution < 1.29 is 14.2 Å². The van der Waals surface area contributed by atoms with Gasteiger partial charge in [-0.1, -0.05) is 13.0 Å². The van der Waals surface area contributed by atoms with E-state index in [1.165, 1.54) is 0 Å². The number of benzene rings is 1. The number of hydrogen-bond donors (Lipinski definition) is 1. The van der Waals surface area contributed by atoms with Gasteiger partial charge in [-0.05, 0) is 24.1 Å². The molecule has 4 heteroatoms. The zero-order chi connectivity index (χ0) is 12.4. The molecule has 2 unspecified atom stereocenters. The van der Waals surface area contributed by atoms with Crippen molar-refractivity contribution in [1.82, 2.24) is 5.32 Å². The molecule has 1 aromatic carbocycles. The summed E-state index contributed by atoms with van der Waals surface area (Å²) in [5.41, 5.74) is 1.15. The maximum Gasteiger partial charge on any atom is 0.161 e. The minimum absolute atomic E-state index is 0.114. The number of morpholine rings is 1. The fourth-order valence-electron chi connectivity index (χ4n) is 2.36. The van der Waals surface area contributed by atoms with E-state index in [2.05, 4.69) is 18.3 Å².